The van der Waals surface area contributed by atoms with Crippen molar-refractivity contribution >= 4 is 6.41 Å². The van der Waals surface area contributed by atoms with Crippen LogP contribution < -0.4 is 11.1 Å². The van der Waals surface area contributed by atoms with Crippen molar-refractivity contribution in [2.75, 3.05) is 6.54 Å². The van der Waals surface area contributed by atoms with Gasteiger partial charge >= 0.3 is 0 Å². The molecule has 1 amide bonds. The van der Waals surface area contributed by atoms with E-state index in [0.29, 0.717) is 13.0 Å². The van der Waals surface area contributed by atoms with Crippen molar-refractivity contribution in [3.05, 3.63) is 42.2 Å². The largest absolute Gasteiger partial charge is 0.358 e. The van der Waals surface area contributed by atoms with Gasteiger partial charge in [-0.15, -0.1) is 0 Å². The molecule has 4 nitrogen and oxygen atoms in total. The molecule has 0 bridgehead atoms. The lowest BCUT2D eigenvalue weighted by molar-refractivity contribution is -0.109. The molecule has 19 heavy (non-hydrogen) atoms. The molecule has 1 aliphatic rings. The van der Waals surface area contributed by atoms with Gasteiger partial charge in [-0.05, 0) is 25.0 Å². The molecule has 2 rings (SSSR count). The van der Waals surface area contributed by atoms with E-state index in [1.165, 1.54) is 19.3 Å². The minimum Gasteiger partial charge on any atom is -0.358 e. The third kappa shape index (κ3) is 8.97. The number of amides is 1. The van der Waals surface area contributed by atoms with Gasteiger partial charge in [-0.1, -0.05) is 37.5 Å². The van der Waals surface area contributed by atoms with Gasteiger partial charge in [0.2, 0.25) is 6.41 Å². The van der Waals surface area contributed by atoms with E-state index in [-0.39, 0.29) is 6.04 Å². The van der Waals surface area contributed by atoms with Crippen LogP contribution in [0.15, 0.2) is 36.5 Å². The Balaban J connectivity index is 0.000000524. The minimum absolute atomic E-state index is 0.0588. The van der Waals surface area contributed by atoms with E-state index in [0.717, 1.165) is 18.5 Å². The highest BCUT2D eigenvalue weighted by molar-refractivity contribution is 5.45. The molecule has 1 unspecified atom stereocenters. The van der Waals surface area contributed by atoms with Crippen molar-refractivity contribution < 1.29 is 4.79 Å². The second-order valence-electron chi connectivity index (χ2n) is 4.49. The van der Waals surface area contributed by atoms with Crippen molar-refractivity contribution in [2.45, 2.75) is 38.1 Å². The number of nitrogens with zero attached hydrogens (tertiary/aromatic N) is 1. The molecule has 1 atom stereocenters. The first-order valence-electron chi connectivity index (χ1n) is 6.83. The summed E-state index contributed by atoms with van der Waals surface area (Å²) in [4.78, 5) is 14.2. The van der Waals surface area contributed by atoms with Gasteiger partial charge in [-0.25, -0.2) is 0 Å². The molecule has 0 aliphatic heterocycles. The molecule has 0 radical (unpaired) electrons. The van der Waals surface area contributed by atoms with Crippen LogP contribution in [0.5, 0.6) is 0 Å². The Bertz CT molecular complexity index is 360. The van der Waals surface area contributed by atoms with Crippen LogP contribution in [0.2, 0.25) is 0 Å². The summed E-state index contributed by atoms with van der Waals surface area (Å²) in [5.41, 5.74) is 6.85. The second kappa shape index (κ2) is 10.3. The lowest BCUT2D eigenvalue weighted by Gasteiger charge is -2.07. The summed E-state index contributed by atoms with van der Waals surface area (Å²) in [5, 5.41) is 2.59. The highest BCUT2D eigenvalue weighted by atomic mass is 16.1. The Labute approximate surface area is 115 Å². The number of rotatable bonds is 7. The van der Waals surface area contributed by atoms with Gasteiger partial charge in [0.05, 0.1) is 11.7 Å². The molecule has 4 heteroatoms. The summed E-state index contributed by atoms with van der Waals surface area (Å²) in [5.74, 6) is 0. The van der Waals surface area contributed by atoms with Crippen LogP contribution in [0, 0.1) is 0 Å². The number of carbonyl (C=O) groups is 1. The van der Waals surface area contributed by atoms with E-state index in [1.807, 2.05) is 30.4 Å². The van der Waals surface area contributed by atoms with Crippen molar-refractivity contribution in [1.29, 1.82) is 0 Å². The van der Waals surface area contributed by atoms with Crippen LogP contribution in [-0.4, -0.2) is 17.9 Å². The van der Waals surface area contributed by atoms with Gasteiger partial charge in [0.25, 0.3) is 0 Å². The fraction of sp³-hybridized carbons (Fsp3) is 0.467. The van der Waals surface area contributed by atoms with E-state index in [1.54, 1.807) is 6.20 Å². The van der Waals surface area contributed by atoms with E-state index in [2.05, 4.69) is 10.3 Å². The van der Waals surface area contributed by atoms with Crippen LogP contribution in [0.25, 0.3) is 0 Å². The molecule has 0 spiro atoms. The smallest absolute Gasteiger partial charge is 0.207 e. The average molecular weight is 261 g/mol. The average Bonchev–Trinajstić information content (AvgIpc) is 3.32. The first-order chi connectivity index (χ1) is 9.34. The normalized spacial score (nSPS) is 14.4. The molecule has 1 heterocycles. The first-order valence-corrected chi connectivity index (χ1v) is 6.83. The molecule has 0 saturated heterocycles. The van der Waals surface area contributed by atoms with Crippen molar-refractivity contribution in [2.24, 2.45) is 5.73 Å². The lowest BCUT2D eigenvalue weighted by atomic mass is 10.1. The minimum atomic E-state index is -0.0588. The number of hydrogen-bond donors (Lipinski definition) is 2. The number of nitrogens with two attached hydrogens (primary N) is 1. The van der Waals surface area contributed by atoms with Crippen LogP contribution in [-0.2, 0) is 4.79 Å². The molecular formula is C15H23N3O. The van der Waals surface area contributed by atoms with E-state index < -0.39 is 0 Å². The Kier molecular flexibility index (Phi) is 8.31. The fourth-order valence-electron chi connectivity index (χ4n) is 1.30. The van der Waals surface area contributed by atoms with E-state index >= 15 is 0 Å². The van der Waals surface area contributed by atoms with Crippen LogP contribution in [0.1, 0.15) is 43.8 Å². The third-order valence-electron chi connectivity index (χ3n) is 2.52. The molecule has 3 N–H and O–H groups in total. The Morgan fingerprint density at radius 1 is 1.32 bits per heavy atom. The molecule has 1 saturated carbocycles. The maximum atomic E-state index is 9.97. The van der Waals surface area contributed by atoms with Gasteiger partial charge in [0.15, 0.2) is 0 Å². The van der Waals surface area contributed by atoms with Crippen LogP contribution in [0.4, 0.5) is 0 Å². The quantitative estimate of drug-likeness (QED) is 0.450. The predicted molar refractivity (Wildman–Crippen MR) is 77.5 cm³/mol. The lowest BCUT2D eigenvalue weighted by Crippen LogP contribution is -2.11. The Morgan fingerprint density at radius 3 is 2.68 bits per heavy atom. The summed E-state index contributed by atoms with van der Waals surface area (Å²) in [7, 11) is 0. The monoisotopic (exact) mass is 261 g/mol. The number of hydrogen-bond acceptors (Lipinski definition) is 3. The molecule has 104 valence electrons. The van der Waals surface area contributed by atoms with Crippen molar-refractivity contribution in [1.82, 2.24) is 10.3 Å². The Hall–Kier alpha value is -1.68. The molecule has 1 aromatic heterocycles. The van der Waals surface area contributed by atoms with Crippen LogP contribution >= 0.6 is 0 Å². The van der Waals surface area contributed by atoms with Crippen molar-refractivity contribution in [3.63, 3.8) is 0 Å². The molecule has 1 aliphatic carbocycles. The fourth-order valence-corrected chi connectivity index (χ4v) is 1.30. The van der Waals surface area contributed by atoms with Gasteiger partial charge in [-0.3, -0.25) is 9.78 Å². The van der Waals surface area contributed by atoms with Crippen molar-refractivity contribution in [3.8, 4) is 0 Å². The number of carbonyl (C=O) groups excluding carboxylic acids is 1. The van der Waals surface area contributed by atoms with Crippen LogP contribution in [0.3, 0.4) is 0 Å². The molecule has 0 aromatic carbocycles. The first kappa shape index (κ1) is 15.4. The summed E-state index contributed by atoms with van der Waals surface area (Å²) in [6, 6.07) is 5.67. The highest BCUT2D eigenvalue weighted by Crippen LogP contribution is 2.14. The Morgan fingerprint density at radius 2 is 2.11 bits per heavy atom. The van der Waals surface area contributed by atoms with E-state index in [4.69, 9.17) is 5.73 Å². The number of pyridine rings is 1. The molecule has 1 fully saturated rings. The highest BCUT2D eigenvalue weighted by Gasteiger charge is 2.03. The maximum Gasteiger partial charge on any atom is 0.207 e. The van der Waals surface area contributed by atoms with E-state index in [9.17, 15) is 4.79 Å². The summed E-state index contributed by atoms with van der Waals surface area (Å²) < 4.78 is 0. The number of aromatic nitrogens is 1. The SMILES string of the molecule is C1CC1.NC(C/C=C/CCNC=O)c1ccccn1. The summed E-state index contributed by atoms with van der Waals surface area (Å²) >= 11 is 0. The zero-order valence-electron chi connectivity index (χ0n) is 11.3. The zero-order chi connectivity index (χ0) is 13.8. The maximum absolute atomic E-state index is 9.97. The zero-order valence-corrected chi connectivity index (χ0v) is 11.3. The van der Waals surface area contributed by atoms with Gasteiger partial charge in [0.1, 0.15) is 0 Å². The second-order valence-corrected chi connectivity index (χ2v) is 4.49. The van der Waals surface area contributed by atoms with Gasteiger partial charge in [-0.2, -0.15) is 0 Å². The summed E-state index contributed by atoms with van der Waals surface area (Å²) in [6.45, 7) is 0.666. The summed E-state index contributed by atoms with van der Waals surface area (Å²) in [6.07, 6.45) is 12.6. The standard InChI is InChI=1S/C12H17N3O.C3H6/c13-11(12-7-3-5-9-15-12)6-2-1-4-8-14-10-16;1-2-3-1/h1-3,5,7,9-11H,4,6,8,13H2,(H,14,16);1-3H2/b2-1+;. The molecule has 1 aromatic rings. The number of nitrogens with one attached hydrogen (secondary N) is 1. The van der Waals surface area contributed by atoms with Gasteiger partial charge < -0.3 is 11.1 Å². The third-order valence-corrected chi connectivity index (χ3v) is 2.52. The molecular weight excluding hydrogens is 238 g/mol. The van der Waals surface area contributed by atoms with Gasteiger partial charge in [0, 0.05) is 12.7 Å². The topological polar surface area (TPSA) is 68.0 Å². The predicted octanol–water partition coefficient (Wildman–Crippen LogP) is 2.33.